The van der Waals surface area contributed by atoms with Crippen LogP contribution in [0.4, 0.5) is 0 Å². The third kappa shape index (κ3) is 3.46. The zero-order chi connectivity index (χ0) is 12.3. The maximum Gasteiger partial charge on any atom is 0.0406 e. The molecule has 2 heteroatoms. The van der Waals surface area contributed by atoms with E-state index in [-0.39, 0.29) is 5.54 Å². The van der Waals surface area contributed by atoms with Crippen LogP contribution in [-0.4, -0.2) is 0 Å². The lowest BCUT2D eigenvalue weighted by Crippen LogP contribution is -2.33. The molecule has 1 aromatic rings. The highest BCUT2D eigenvalue weighted by atomic mass is 35.5. The third-order valence-electron chi connectivity index (χ3n) is 4.05. The van der Waals surface area contributed by atoms with Crippen molar-refractivity contribution in [2.24, 2.45) is 11.7 Å². The largest absolute Gasteiger partial charge is 0.322 e. The summed E-state index contributed by atoms with van der Waals surface area (Å²) in [5.41, 5.74) is 7.40. The van der Waals surface area contributed by atoms with Gasteiger partial charge in [-0.2, -0.15) is 0 Å². The average molecular weight is 252 g/mol. The maximum absolute atomic E-state index is 6.42. The molecule has 1 aliphatic rings. The van der Waals surface area contributed by atoms with Crippen LogP contribution in [0.2, 0.25) is 5.02 Å². The Morgan fingerprint density at radius 1 is 1.24 bits per heavy atom. The Morgan fingerprint density at radius 2 is 1.82 bits per heavy atom. The summed E-state index contributed by atoms with van der Waals surface area (Å²) in [6.07, 6.45) is 7.95. The van der Waals surface area contributed by atoms with Gasteiger partial charge in [0, 0.05) is 10.6 Å². The molecule has 1 saturated carbocycles. The van der Waals surface area contributed by atoms with E-state index in [0.717, 1.165) is 17.4 Å². The predicted molar refractivity (Wildman–Crippen MR) is 74.2 cm³/mol. The summed E-state index contributed by atoms with van der Waals surface area (Å²) in [6.45, 7) is 2.13. The van der Waals surface area contributed by atoms with E-state index in [0.29, 0.717) is 0 Å². The van der Waals surface area contributed by atoms with Gasteiger partial charge in [-0.25, -0.2) is 0 Å². The normalized spacial score (nSPS) is 20.4. The second-order valence-corrected chi connectivity index (χ2v) is 6.05. The molecule has 1 aliphatic carbocycles. The fourth-order valence-corrected chi connectivity index (χ4v) is 2.90. The van der Waals surface area contributed by atoms with Gasteiger partial charge in [-0.3, -0.25) is 0 Å². The van der Waals surface area contributed by atoms with Gasteiger partial charge in [-0.15, -0.1) is 0 Å². The minimum Gasteiger partial charge on any atom is -0.322 e. The molecule has 0 spiro atoms. The zero-order valence-electron chi connectivity index (χ0n) is 10.6. The molecule has 2 rings (SSSR count). The topological polar surface area (TPSA) is 26.0 Å². The van der Waals surface area contributed by atoms with Crippen molar-refractivity contribution < 1.29 is 0 Å². The standard InChI is InChI=1S/C15H22ClN/c1-15(17,11-10-12-4-2-3-5-12)13-6-8-14(16)9-7-13/h6-9,12H,2-5,10-11,17H2,1H3. The highest BCUT2D eigenvalue weighted by Gasteiger charge is 2.24. The molecule has 17 heavy (non-hydrogen) atoms. The number of hydrogen-bond donors (Lipinski definition) is 1. The first-order chi connectivity index (χ1) is 8.08. The van der Waals surface area contributed by atoms with Gasteiger partial charge >= 0.3 is 0 Å². The van der Waals surface area contributed by atoms with Crippen molar-refractivity contribution >= 4 is 11.6 Å². The first kappa shape index (κ1) is 12.9. The van der Waals surface area contributed by atoms with Crippen molar-refractivity contribution in [2.75, 3.05) is 0 Å². The van der Waals surface area contributed by atoms with Crippen LogP contribution in [0, 0.1) is 5.92 Å². The molecular weight excluding hydrogens is 230 g/mol. The summed E-state index contributed by atoms with van der Waals surface area (Å²) >= 11 is 5.90. The minimum absolute atomic E-state index is 0.215. The highest BCUT2D eigenvalue weighted by molar-refractivity contribution is 6.30. The van der Waals surface area contributed by atoms with Gasteiger partial charge in [0.25, 0.3) is 0 Å². The molecular formula is C15H22ClN. The number of hydrogen-bond acceptors (Lipinski definition) is 1. The van der Waals surface area contributed by atoms with E-state index in [1.807, 2.05) is 12.1 Å². The van der Waals surface area contributed by atoms with Crippen molar-refractivity contribution in [3.8, 4) is 0 Å². The Balaban J connectivity index is 1.94. The number of rotatable bonds is 4. The van der Waals surface area contributed by atoms with Crippen LogP contribution < -0.4 is 5.73 Å². The van der Waals surface area contributed by atoms with Crippen LogP contribution in [-0.2, 0) is 5.54 Å². The molecule has 1 aromatic carbocycles. The maximum atomic E-state index is 6.42. The van der Waals surface area contributed by atoms with Gasteiger partial charge in [0.15, 0.2) is 0 Å². The lowest BCUT2D eigenvalue weighted by atomic mass is 9.85. The van der Waals surface area contributed by atoms with Crippen LogP contribution in [0.25, 0.3) is 0 Å². The molecule has 0 aliphatic heterocycles. The van der Waals surface area contributed by atoms with Crippen molar-refractivity contribution in [3.05, 3.63) is 34.9 Å². The number of benzene rings is 1. The van der Waals surface area contributed by atoms with Gasteiger partial charge < -0.3 is 5.73 Å². The predicted octanol–water partition coefficient (Wildman–Crippen LogP) is 4.48. The number of nitrogens with two attached hydrogens (primary N) is 1. The smallest absolute Gasteiger partial charge is 0.0406 e. The molecule has 94 valence electrons. The second-order valence-electron chi connectivity index (χ2n) is 5.61. The van der Waals surface area contributed by atoms with E-state index >= 15 is 0 Å². The van der Waals surface area contributed by atoms with E-state index in [4.69, 9.17) is 17.3 Å². The summed E-state index contributed by atoms with van der Waals surface area (Å²) in [7, 11) is 0. The quantitative estimate of drug-likeness (QED) is 0.839. The Bertz CT molecular complexity index is 350. The summed E-state index contributed by atoms with van der Waals surface area (Å²) in [5, 5.41) is 0.778. The first-order valence-corrected chi connectivity index (χ1v) is 7.01. The second kappa shape index (κ2) is 5.41. The average Bonchev–Trinajstić information content (AvgIpc) is 2.80. The Labute approximate surface area is 109 Å². The van der Waals surface area contributed by atoms with Crippen LogP contribution >= 0.6 is 11.6 Å². The zero-order valence-corrected chi connectivity index (χ0v) is 11.3. The van der Waals surface area contributed by atoms with E-state index in [1.54, 1.807) is 0 Å². The fourth-order valence-electron chi connectivity index (χ4n) is 2.78. The van der Waals surface area contributed by atoms with E-state index in [9.17, 15) is 0 Å². The summed E-state index contributed by atoms with van der Waals surface area (Å²) < 4.78 is 0. The van der Waals surface area contributed by atoms with Crippen LogP contribution in [0.1, 0.15) is 51.0 Å². The Hall–Kier alpha value is -0.530. The monoisotopic (exact) mass is 251 g/mol. The lowest BCUT2D eigenvalue weighted by Gasteiger charge is -2.26. The summed E-state index contributed by atoms with van der Waals surface area (Å²) in [5.74, 6) is 0.908. The molecule has 1 nitrogen and oxygen atoms in total. The number of halogens is 1. The fraction of sp³-hybridized carbons (Fsp3) is 0.600. The highest BCUT2D eigenvalue weighted by Crippen LogP contribution is 2.33. The third-order valence-corrected chi connectivity index (χ3v) is 4.30. The molecule has 1 fully saturated rings. The molecule has 2 N–H and O–H groups in total. The van der Waals surface area contributed by atoms with Gasteiger partial charge in [0.2, 0.25) is 0 Å². The minimum atomic E-state index is -0.215. The van der Waals surface area contributed by atoms with Crippen LogP contribution in [0.3, 0.4) is 0 Å². The summed E-state index contributed by atoms with van der Waals surface area (Å²) in [6, 6.07) is 7.96. The molecule has 0 saturated heterocycles. The van der Waals surface area contributed by atoms with Crippen molar-refractivity contribution in [1.29, 1.82) is 0 Å². The summed E-state index contributed by atoms with van der Waals surface area (Å²) in [4.78, 5) is 0. The van der Waals surface area contributed by atoms with E-state index in [1.165, 1.54) is 37.7 Å². The lowest BCUT2D eigenvalue weighted by molar-refractivity contribution is 0.374. The van der Waals surface area contributed by atoms with Gasteiger partial charge in [-0.05, 0) is 43.4 Å². The van der Waals surface area contributed by atoms with Gasteiger partial charge in [0.05, 0.1) is 0 Å². The Kier molecular flexibility index (Phi) is 4.11. The van der Waals surface area contributed by atoms with Crippen molar-refractivity contribution in [1.82, 2.24) is 0 Å². The van der Waals surface area contributed by atoms with Crippen LogP contribution in [0.5, 0.6) is 0 Å². The molecule has 1 atom stereocenters. The molecule has 1 unspecified atom stereocenters. The molecule has 0 bridgehead atoms. The Morgan fingerprint density at radius 3 is 2.41 bits per heavy atom. The first-order valence-electron chi connectivity index (χ1n) is 6.63. The van der Waals surface area contributed by atoms with Crippen LogP contribution in [0.15, 0.2) is 24.3 Å². The van der Waals surface area contributed by atoms with E-state index < -0.39 is 0 Å². The van der Waals surface area contributed by atoms with Crippen molar-refractivity contribution in [2.45, 2.75) is 51.0 Å². The van der Waals surface area contributed by atoms with E-state index in [2.05, 4.69) is 19.1 Å². The molecule has 0 heterocycles. The van der Waals surface area contributed by atoms with Gasteiger partial charge in [0.1, 0.15) is 0 Å². The molecule has 0 aromatic heterocycles. The molecule has 0 radical (unpaired) electrons. The van der Waals surface area contributed by atoms with Gasteiger partial charge in [-0.1, -0.05) is 49.4 Å². The molecule has 0 amide bonds. The SMILES string of the molecule is CC(N)(CCC1CCCC1)c1ccc(Cl)cc1. The van der Waals surface area contributed by atoms with Crippen molar-refractivity contribution in [3.63, 3.8) is 0 Å².